The van der Waals surface area contributed by atoms with Gasteiger partial charge in [0, 0.05) is 16.0 Å². The number of aromatic nitrogens is 1. The molecule has 1 aliphatic rings. The topological polar surface area (TPSA) is 79.4 Å². The lowest BCUT2D eigenvalue weighted by atomic mass is 10.1. The molecule has 134 valence electrons. The standard InChI is InChI=1S/C19H12ClN3O3S/c20-14-8-4-3-7-13(14)15-10-27-19(21-15)22-16(24)9-23-17(25)11-5-1-2-6-12(11)18(23)26/h1-8,10H,9H2,(H,21,22,24). The number of imide groups is 1. The summed E-state index contributed by atoms with van der Waals surface area (Å²) in [5.41, 5.74) is 2.02. The van der Waals surface area contributed by atoms with E-state index in [1.165, 1.54) is 11.3 Å². The van der Waals surface area contributed by atoms with Gasteiger partial charge >= 0.3 is 0 Å². The van der Waals surface area contributed by atoms with Gasteiger partial charge in [0.15, 0.2) is 5.13 Å². The number of anilines is 1. The molecule has 0 aliphatic carbocycles. The van der Waals surface area contributed by atoms with Gasteiger partial charge in [0.05, 0.1) is 16.8 Å². The number of carbonyl (C=O) groups is 3. The number of rotatable bonds is 4. The minimum absolute atomic E-state index is 0.311. The summed E-state index contributed by atoms with van der Waals surface area (Å²) < 4.78 is 0. The predicted octanol–water partition coefficient (Wildman–Crippen LogP) is 3.70. The van der Waals surface area contributed by atoms with Crippen LogP contribution in [0.5, 0.6) is 0 Å². The van der Waals surface area contributed by atoms with Gasteiger partial charge in [-0.3, -0.25) is 19.3 Å². The fraction of sp³-hybridized carbons (Fsp3) is 0.0526. The maximum Gasteiger partial charge on any atom is 0.262 e. The van der Waals surface area contributed by atoms with E-state index in [-0.39, 0.29) is 6.54 Å². The van der Waals surface area contributed by atoms with Crippen molar-refractivity contribution in [2.75, 3.05) is 11.9 Å². The van der Waals surface area contributed by atoms with Gasteiger partial charge in [-0.05, 0) is 18.2 Å². The van der Waals surface area contributed by atoms with Crippen LogP contribution in [0.4, 0.5) is 5.13 Å². The lowest BCUT2D eigenvalue weighted by Gasteiger charge is -2.12. The molecule has 8 heteroatoms. The highest BCUT2D eigenvalue weighted by molar-refractivity contribution is 7.14. The summed E-state index contributed by atoms with van der Waals surface area (Å²) in [6, 6.07) is 13.8. The summed E-state index contributed by atoms with van der Waals surface area (Å²) in [4.78, 5) is 42.2. The number of nitrogens with zero attached hydrogens (tertiary/aromatic N) is 2. The molecule has 6 nitrogen and oxygen atoms in total. The molecular weight excluding hydrogens is 386 g/mol. The summed E-state index contributed by atoms with van der Waals surface area (Å²) in [7, 11) is 0. The molecule has 0 saturated carbocycles. The number of halogens is 1. The SMILES string of the molecule is O=C(CN1C(=O)c2ccccc2C1=O)Nc1nc(-c2ccccc2Cl)cs1. The van der Waals surface area contributed by atoms with Crippen LogP contribution in [0, 0.1) is 0 Å². The highest BCUT2D eigenvalue weighted by atomic mass is 35.5. The number of nitrogens with one attached hydrogen (secondary N) is 1. The van der Waals surface area contributed by atoms with Crippen LogP contribution >= 0.6 is 22.9 Å². The van der Waals surface area contributed by atoms with E-state index >= 15 is 0 Å². The van der Waals surface area contributed by atoms with Gasteiger partial charge in [0.25, 0.3) is 11.8 Å². The first-order chi connectivity index (χ1) is 13.0. The van der Waals surface area contributed by atoms with Crippen molar-refractivity contribution in [2.24, 2.45) is 0 Å². The molecule has 2 aromatic carbocycles. The molecule has 3 aromatic rings. The minimum atomic E-state index is -0.496. The van der Waals surface area contributed by atoms with Gasteiger partial charge in [-0.1, -0.05) is 41.9 Å². The largest absolute Gasteiger partial charge is 0.300 e. The second-order valence-electron chi connectivity index (χ2n) is 5.81. The molecule has 1 aromatic heterocycles. The molecule has 1 aliphatic heterocycles. The summed E-state index contributed by atoms with van der Waals surface area (Å²) >= 11 is 7.40. The van der Waals surface area contributed by atoms with Crippen LogP contribution in [0.2, 0.25) is 5.02 Å². The van der Waals surface area contributed by atoms with Crippen molar-refractivity contribution < 1.29 is 14.4 Å². The molecule has 4 rings (SSSR count). The van der Waals surface area contributed by atoms with E-state index in [0.717, 1.165) is 10.5 Å². The first-order valence-corrected chi connectivity index (χ1v) is 9.26. The van der Waals surface area contributed by atoms with Crippen LogP contribution in [0.15, 0.2) is 53.9 Å². The minimum Gasteiger partial charge on any atom is -0.300 e. The van der Waals surface area contributed by atoms with E-state index in [1.807, 2.05) is 18.2 Å². The molecule has 27 heavy (non-hydrogen) atoms. The number of thiazole rings is 1. The molecule has 0 saturated heterocycles. The van der Waals surface area contributed by atoms with Gasteiger partial charge in [-0.25, -0.2) is 4.98 Å². The number of hydrogen-bond acceptors (Lipinski definition) is 5. The normalized spacial score (nSPS) is 13.0. The lowest BCUT2D eigenvalue weighted by molar-refractivity contribution is -0.116. The van der Waals surface area contributed by atoms with Gasteiger partial charge in [0.1, 0.15) is 6.54 Å². The maximum absolute atomic E-state index is 12.3. The molecule has 0 atom stereocenters. The molecule has 0 unspecified atom stereocenters. The molecule has 0 radical (unpaired) electrons. The summed E-state index contributed by atoms with van der Waals surface area (Å²) in [5, 5.41) is 5.33. The molecule has 0 bridgehead atoms. The van der Waals surface area contributed by atoms with E-state index < -0.39 is 17.7 Å². The molecule has 0 spiro atoms. The highest BCUT2D eigenvalue weighted by Gasteiger charge is 2.36. The summed E-state index contributed by atoms with van der Waals surface area (Å²) in [6.07, 6.45) is 0. The number of fused-ring (bicyclic) bond motifs is 1. The quantitative estimate of drug-likeness (QED) is 0.681. The van der Waals surface area contributed by atoms with Crippen molar-refractivity contribution in [3.63, 3.8) is 0 Å². The number of carbonyl (C=O) groups excluding carboxylic acids is 3. The number of hydrogen-bond donors (Lipinski definition) is 1. The molecular formula is C19H12ClN3O3S. The monoisotopic (exact) mass is 397 g/mol. The first kappa shape index (κ1) is 17.4. The molecule has 0 fully saturated rings. The Hall–Kier alpha value is -3.03. The van der Waals surface area contributed by atoms with Gasteiger partial charge < -0.3 is 5.32 Å². The fourth-order valence-corrected chi connectivity index (χ4v) is 3.77. The Morgan fingerprint density at radius 2 is 1.59 bits per heavy atom. The maximum atomic E-state index is 12.3. The van der Waals surface area contributed by atoms with Crippen LogP contribution in [0.3, 0.4) is 0 Å². The fourth-order valence-electron chi connectivity index (χ4n) is 2.81. The third kappa shape index (κ3) is 3.22. The van der Waals surface area contributed by atoms with Gasteiger partial charge in [0.2, 0.25) is 5.91 Å². The Morgan fingerprint density at radius 3 is 2.22 bits per heavy atom. The van der Waals surface area contributed by atoms with Crippen LogP contribution < -0.4 is 5.32 Å². The Morgan fingerprint density at radius 1 is 1.00 bits per heavy atom. The van der Waals surface area contributed by atoms with Crippen molar-refractivity contribution in [3.05, 3.63) is 70.1 Å². The Balaban J connectivity index is 1.46. The van der Waals surface area contributed by atoms with E-state index in [4.69, 9.17) is 11.6 Å². The van der Waals surface area contributed by atoms with Gasteiger partial charge in [-0.2, -0.15) is 0 Å². The Labute approximate surface area is 163 Å². The molecule has 1 N–H and O–H groups in total. The summed E-state index contributed by atoms with van der Waals surface area (Å²) in [6.45, 7) is -0.368. The van der Waals surface area contributed by atoms with Crippen molar-refractivity contribution >= 4 is 45.8 Å². The van der Waals surface area contributed by atoms with E-state index in [9.17, 15) is 14.4 Å². The van der Waals surface area contributed by atoms with Crippen LogP contribution in [0.25, 0.3) is 11.3 Å². The second kappa shape index (κ2) is 6.94. The lowest BCUT2D eigenvalue weighted by Crippen LogP contribution is -2.37. The van der Waals surface area contributed by atoms with E-state index in [2.05, 4.69) is 10.3 Å². The van der Waals surface area contributed by atoms with Crippen molar-refractivity contribution in [2.45, 2.75) is 0 Å². The van der Waals surface area contributed by atoms with Crippen molar-refractivity contribution in [1.82, 2.24) is 9.88 Å². The third-order valence-corrected chi connectivity index (χ3v) is 5.17. The number of amides is 3. The van der Waals surface area contributed by atoms with E-state index in [1.54, 1.807) is 35.7 Å². The smallest absolute Gasteiger partial charge is 0.262 e. The Bertz CT molecular complexity index is 1040. The zero-order valence-corrected chi connectivity index (χ0v) is 15.4. The first-order valence-electron chi connectivity index (χ1n) is 8.00. The Kier molecular flexibility index (Phi) is 4.47. The average Bonchev–Trinajstić information content (AvgIpc) is 3.21. The number of benzene rings is 2. The van der Waals surface area contributed by atoms with Crippen molar-refractivity contribution in [1.29, 1.82) is 0 Å². The van der Waals surface area contributed by atoms with Gasteiger partial charge in [-0.15, -0.1) is 11.3 Å². The average molecular weight is 398 g/mol. The second-order valence-corrected chi connectivity index (χ2v) is 7.07. The van der Waals surface area contributed by atoms with E-state index in [0.29, 0.717) is 27.0 Å². The highest BCUT2D eigenvalue weighted by Crippen LogP contribution is 2.30. The summed E-state index contributed by atoms with van der Waals surface area (Å²) in [5.74, 6) is -1.44. The van der Waals surface area contributed by atoms with Crippen molar-refractivity contribution in [3.8, 4) is 11.3 Å². The molecule has 2 heterocycles. The zero-order chi connectivity index (χ0) is 19.0. The van der Waals surface area contributed by atoms with Crippen LogP contribution in [0.1, 0.15) is 20.7 Å². The molecule has 3 amide bonds. The predicted molar refractivity (Wildman–Crippen MR) is 103 cm³/mol. The zero-order valence-electron chi connectivity index (χ0n) is 13.8. The van der Waals surface area contributed by atoms with Crippen LogP contribution in [-0.4, -0.2) is 34.2 Å². The third-order valence-electron chi connectivity index (χ3n) is 4.08. The van der Waals surface area contributed by atoms with Crippen LogP contribution in [-0.2, 0) is 4.79 Å².